The summed E-state index contributed by atoms with van der Waals surface area (Å²) in [6.07, 6.45) is 4.96. The molecule has 0 N–H and O–H groups in total. The minimum atomic E-state index is -0.158. The topological polar surface area (TPSA) is 51.1 Å². The number of pyridine rings is 1. The Morgan fingerprint density at radius 1 is 1.22 bits per heavy atom. The highest BCUT2D eigenvalue weighted by molar-refractivity contribution is 7.26. The van der Waals surface area contributed by atoms with E-state index in [-0.39, 0.29) is 5.60 Å². The van der Waals surface area contributed by atoms with Crippen molar-refractivity contribution in [2.45, 2.75) is 66.1 Å². The summed E-state index contributed by atoms with van der Waals surface area (Å²) in [4.78, 5) is 17.7. The van der Waals surface area contributed by atoms with Crippen LogP contribution in [0.5, 0.6) is 0 Å². The van der Waals surface area contributed by atoms with Gasteiger partial charge in [0.1, 0.15) is 17.0 Å². The Hall–Kier alpha value is -1.79. The van der Waals surface area contributed by atoms with Gasteiger partial charge in [-0.25, -0.2) is 15.0 Å². The lowest BCUT2D eigenvalue weighted by molar-refractivity contribution is -0.0400. The molecule has 5 nitrogen and oxygen atoms in total. The third kappa shape index (κ3) is 3.19. The highest BCUT2D eigenvalue weighted by Gasteiger charge is 2.31. The van der Waals surface area contributed by atoms with Crippen molar-refractivity contribution in [3.05, 3.63) is 23.1 Å². The van der Waals surface area contributed by atoms with E-state index in [0.29, 0.717) is 6.61 Å². The van der Waals surface area contributed by atoms with E-state index in [4.69, 9.17) is 14.7 Å². The second-order valence-electron chi connectivity index (χ2n) is 7.97. The lowest BCUT2D eigenvalue weighted by Crippen LogP contribution is -2.32. The minimum Gasteiger partial charge on any atom is -0.370 e. The van der Waals surface area contributed by atoms with Crippen LogP contribution in [-0.2, 0) is 17.8 Å². The SMILES string of the molecule is CCCCN(CC)c1ncnc2c1sc1nc(C)c3c(c12)CC(C)(C)OC3. The summed E-state index contributed by atoms with van der Waals surface area (Å²) >= 11 is 1.73. The highest BCUT2D eigenvalue weighted by Crippen LogP contribution is 2.42. The first-order valence-electron chi connectivity index (χ1n) is 9.89. The van der Waals surface area contributed by atoms with Gasteiger partial charge in [0, 0.05) is 36.2 Å². The van der Waals surface area contributed by atoms with Crippen LogP contribution in [0.4, 0.5) is 5.82 Å². The molecule has 144 valence electrons. The van der Waals surface area contributed by atoms with Crippen LogP contribution in [0, 0.1) is 6.92 Å². The van der Waals surface area contributed by atoms with Crippen molar-refractivity contribution in [1.82, 2.24) is 15.0 Å². The highest BCUT2D eigenvalue weighted by atomic mass is 32.1. The number of anilines is 1. The number of ether oxygens (including phenoxy) is 1. The first kappa shape index (κ1) is 18.6. The maximum Gasteiger partial charge on any atom is 0.150 e. The zero-order valence-corrected chi connectivity index (χ0v) is 17.7. The third-order valence-electron chi connectivity index (χ3n) is 5.48. The molecular weight excluding hydrogens is 356 g/mol. The molecule has 27 heavy (non-hydrogen) atoms. The van der Waals surface area contributed by atoms with Gasteiger partial charge in [0.2, 0.25) is 0 Å². The zero-order valence-electron chi connectivity index (χ0n) is 16.9. The number of unbranched alkanes of at least 4 members (excludes halogenated alkanes) is 1. The lowest BCUT2D eigenvalue weighted by Gasteiger charge is -2.32. The van der Waals surface area contributed by atoms with E-state index >= 15 is 0 Å². The van der Waals surface area contributed by atoms with Crippen LogP contribution in [-0.4, -0.2) is 33.6 Å². The molecule has 0 aromatic carbocycles. The van der Waals surface area contributed by atoms with Crippen LogP contribution >= 0.6 is 11.3 Å². The van der Waals surface area contributed by atoms with E-state index in [0.717, 1.165) is 46.1 Å². The van der Waals surface area contributed by atoms with Crippen molar-refractivity contribution in [2.75, 3.05) is 18.0 Å². The lowest BCUT2D eigenvalue weighted by atomic mass is 9.89. The van der Waals surface area contributed by atoms with E-state index < -0.39 is 0 Å². The van der Waals surface area contributed by atoms with Crippen LogP contribution in [0.15, 0.2) is 6.33 Å². The molecule has 1 aliphatic rings. The van der Waals surface area contributed by atoms with Crippen LogP contribution in [0.1, 0.15) is 57.4 Å². The number of nitrogens with zero attached hydrogens (tertiary/aromatic N) is 4. The van der Waals surface area contributed by atoms with Gasteiger partial charge in [-0.1, -0.05) is 13.3 Å². The molecule has 0 unspecified atom stereocenters. The molecule has 3 aromatic rings. The van der Waals surface area contributed by atoms with Gasteiger partial charge in [-0.15, -0.1) is 11.3 Å². The quantitative estimate of drug-likeness (QED) is 0.618. The predicted octanol–water partition coefficient (Wildman–Crippen LogP) is 5.03. The fourth-order valence-corrected chi connectivity index (χ4v) is 5.17. The van der Waals surface area contributed by atoms with Crippen molar-refractivity contribution in [2.24, 2.45) is 0 Å². The molecule has 0 spiro atoms. The van der Waals surface area contributed by atoms with Crippen molar-refractivity contribution < 1.29 is 4.74 Å². The third-order valence-corrected chi connectivity index (χ3v) is 6.55. The first-order valence-corrected chi connectivity index (χ1v) is 10.7. The Labute approximate surface area is 164 Å². The maximum absolute atomic E-state index is 6.06. The molecule has 4 rings (SSSR count). The zero-order chi connectivity index (χ0) is 19.2. The monoisotopic (exact) mass is 384 g/mol. The molecule has 0 radical (unpaired) electrons. The summed E-state index contributed by atoms with van der Waals surface area (Å²) in [5.74, 6) is 1.05. The Kier molecular flexibility index (Phi) is 4.80. The first-order chi connectivity index (χ1) is 12.9. The molecule has 0 aliphatic carbocycles. The Morgan fingerprint density at radius 2 is 2.04 bits per heavy atom. The second-order valence-corrected chi connectivity index (χ2v) is 8.97. The van der Waals surface area contributed by atoms with Crippen LogP contribution in [0.25, 0.3) is 20.4 Å². The largest absolute Gasteiger partial charge is 0.370 e. The molecule has 0 bridgehead atoms. The fraction of sp³-hybridized carbons (Fsp3) is 0.571. The number of hydrogen-bond acceptors (Lipinski definition) is 6. The van der Waals surface area contributed by atoms with Crippen LogP contribution < -0.4 is 4.90 Å². The molecule has 1 aliphatic heterocycles. The van der Waals surface area contributed by atoms with E-state index in [1.165, 1.54) is 29.4 Å². The van der Waals surface area contributed by atoms with E-state index in [1.54, 1.807) is 17.7 Å². The van der Waals surface area contributed by atoms with E-state index in [9.17, 15) is 0 Å². The number of aromatic nitrogens is 3. The molecule has 0 amide bonds. The number of thiophene rings is 1. The molecule has 0 saturated heterocycles. The summed E-state index contributed by atoms with van der Waals surface area (Å²) in [6, 6.07) is 0. The van der Waals surface area contributed by atoms with Crippen LogP contribution in [0.3, 0.4) is 0 Å². The predicted molar refractivity (Wildman–Crippen MR) is 113 cm³/mol. The average Bonchev–Trinajstić information content (AvgIpc) is 3.00. The van der Waals surface area contributed by atoms with Gasteiger partial charge in [-0.05, 0) is 39.7 Å². The summed E-state index contributed by atoms with van der Waals surface area (Å²) < 4.78 is 7.22. The van der Waals surface area contributed by atoms with E-state index in [1.807, 2.05) is 0 Å². The number of rotatable bonds is 5. The summed E-state index contributed by atoms with van der Waals surface area (Å²) in [6.45, 7) is 13.4. The van der Waals surface area contributed by atoms with Gasteiger partial charge >= 0.3 is 0 Å². The minimum absolute atomic E-state index is 0.158. The molecule has 0 atom stereocenters. The maximum atomic E-state index is 6.06. The summed E-state index contributed by atoms with van der Waals surface area (Å²) in [5, 5.41) is 1.21. The Bertz CT molecular complexity index is 995. The van der Waals surface area contributed by atoms with Crippen molar-refractivity contribution in [3.8, 4) is 0 Å². The number of hydrogen-bond donors (Lipinski definition) is 0. The van der Waals surface area contributed by atoms with Gasteiger partial charge in [-0.2, -0.15) is 0 Å². The van der Waals surface area contributed by atoms with Gasteiger partial charge in [0.15, 0.2) is 0 Å². The summed E-state index contributed by atoms with van der Waals surface area (Å²) in [7, 11) is 0. The molecule has 6 heteroatoms. The Morgan fingerprint density at radius 3 is 2.78 bits per heavy atom. The fourth-order valence-electron chi connectivity index (χ4n) is 3.94. The molecular formula is C21H28N4OS. The molecule has 3 aromatic heterocycles. The van der Waals surface area contributed by atoms with Crippen molar-refractivity contribution in [3.63, 3.8) is 0 Å². The van der Waals surface area contributed by atoms with Gasteiger partial charge in [0.25, 0.3) is 0 Å². The van der Waals surface area contributed by atoms with Gasteiger partial charge in [-0.3, -0.25) is 0 Å². The normalized spacial score (nSPS) is 16.0. The average molecular weight is 385 g/mol. The second kappa shape index (κ2) is 6.99. The standard InChI is InChI=1S/C21H28N4OS/c1-6-8-9-25(7-2)19-18-17(22-12-23-19)16-14-10-21(4,5)26-11-15(14)13(3)24-20(16)27-18/h12H,6-11H2,1-5H3. The van der Waals surface area contributed by atoms with E-state index in [2.05, 4.69) is 44.5 Å². The molecule has 0 fully saturated rings. The number of fused-ring (bicyclic) bond motifs is 5. The Balaban J connectivity index is 1.96. The molecule has 0 saturated carbocycles. The van der Waals surface area contributed by atoms with Crippen LogP contribution in [0.2, 0.25) is 0 Å². The number of aryl methyl sites for hydroxylation is 1. The van der Waals surface area contributed by atoms with Gasteiger partial charge in [0.05, 0.1) is 22.4 Å². The van der Waals surface area contributed by atoms with Crippen molar-refractivity contribution >= 4 is 37.6 Å². The smallest absolute Gasteiger partial charge is 0.150 e. The summed E-state index contributed by atoms with van der Waals surface area (Å²) in [5.41, 5.74) is 4.57. The van der Waals surface area contributed by atoms with Crippen molar-refractivity contribution in [1.29, 1.82) is 0 Å². The molecule has 4 heterocycles. The van der Waals surface area contributed by atoms with Gasteiger partial charge < -0.3 is 9.64 Å².